The van der Waals surface area contributed by atoms with E-state index in [2.05, 4.69) is 33.5 Å². The lowest BCUT2D eigenvalue weighted by molar-refractivity contribution is 0.188. The van der Waals surface area contributed by atoms with Crippen LogP contribution in [0.5, 0.6) is 0 Å². The fourth-order valence-corrected chi connectivity index (χ4v) is 3.41. The SMILES string of the molecule is CCNc1cncc(NC2CCN3CCCC3C2)c1. The van der Waals surface area contributed by atoms with Gasteiger partial charge < -0.3 is 15.5 Å². The van der Waals surface area contributed by atoms with E-state index < -0.39 is 0 Å². The molecular formula is C15H24N4. The smallest absolute Gasteiger partial charge is 0.0549 e. The molecule has 1 aromatic heterocycles. The summed E-state index contributed by atoms with van der Waals surface area (Å²) in [5.74, 6) is 0. The molecule has 0 saturated carbocycles. The largest absolute Gasteiger partial charge is 0.384 e. The van der Waals surface area contributed by atoms with Crippen molar-refractivity contribution in [1.82, 2.24) is 9.88 Å². The number of nitrogens with one attached hydrogen (secondary N) is 2. The third-order valence-corrected chi connectivity index (χ3v) is 4.31. The summed E-state index contributed by atoms with van der Waals surface area (Å²) >= 11 is 0. The minimum Gasteiger partial charge on any atom is -0.384 e. The Hall–Kier alpha value is -1.29. The molecule has 2 unspecified atom stereocenters. The molecule has 104 valence electrons. The summed E-state index contributed by atoms with van der Waals surface area (Å²) < 4.78 is 0. The maximum absolute atomic E-state index is 4.30. The van der Waals surface area contributed by atoms with Gasteiger partial charge in [0.2, 0.25) is 0 Å². The molecule has 0 aliphatic carbocycles. The Labute approximate surface area is 115 Å². The minimum atomic E-state index is 0.609. The molecule has 2 aliphatic heterocycles. The highest BCUT2D eigenvalue weighted by Gasteiger charge is 2.31. The number of pyridine rings is 1. The van der Waals surface area contributed by atoms with Crippen molar-refractivity contribution in [3.05, 3.63) is 18.5 Å². The molecule has 19 heavy (non-hydrogen) atoms. The van der Waals surface area contributed by atoms with E-state index >= 15 is 0 Å². The lowest BCUT2D eigenvalue weighted by Crippen LogP contribution is -2.42. The molecular weight excluding hydrogens is 236 g/mol. The fourth-order valence-electron chi connectivity index (χ4n) is 3.41. The van der Waals surface area contributed by atoms with Gasteiger partial charge in [0.15, 0.2) is 0 Å². The third-order valence-electron chi connectivity index (χ3n) is 4.31. The topological polar surface area (TPSA) is 40.2 Å². The monoisotopic (exact) mass is 260 g/mol. The zero-order valence-electron chi connectivity index (χ0n) is 11.7. The molecule has 0 amide bonds. The summed E-state index contributed by atoms with van der Waals surface area (Å²) in [6.07, 6.45) is 9.12. The van der Waals surface area contributed by atoms with Gasteiger partial charge in [-0.2, -0.15) is 0 Å². The van der Waals surface area contributed by atoms with Gasteiger partial charge >= 0.3 is 0 Å². The van der Waals surface area contributed by atoms with E-state index in [0.29, 0.717) is 6.04 Å². The Morgan fingerprint density at radius 2 is 2.16 bits per heavy atom. The predicted molar refractivity (Wildman–Crippen MR) is 79.6 cm³/mol. The minimum absolute atomic E-state index is 0.609. The van der Waals surface area contributed by atoms with Gasteiger partial charge in [-0.25, -0.2) is 0 Å². The summed E-state index contributed by atoms with van der Waals surface area (Å²) in [4.78, 5) is 6.96. The van der Waals surface area contributed by atoms with Crippen LogP contribution in [0, 0.1) is 0 Å². The second-order valence-electron chi connectivity index (χ2n) is 5.69. The molecule has 2 fully saturated rings. The van der Waals surface area contributed by atoms with Crippen molar-refractivity contribution < 1.29 is 0 Å². The number of nitrogens with zero attached hydrogens (tertiary/aromatic N) is 2. The molecule has 2 atom stereocenters. The maximum Gasteiger partial charge on any atom is 0.0549 e. The quantitative estimate of drug-likeness (QED) is 0.873. The lowest BCUT2D eigenvalue weighted by Gasteiger charge is -2.35. The van der Waals surface area contributed by atoms with E-state index in [4.69, 9.17) is 0 Å². The molecule has 2 N–H and O–H groups in total. The molecule has 0 spiro atoms. The van der Waals surface area contributed by atoms with Crippen molar-refractivity contribution in [1.29, 1.82) is 0 Å². The van der Waals surface area contributed by atoms with Crippen LogP contribution in [0.4, 0.5) is 11.4 Å². The van der Waals surface area contributed by atoms with Crippen LogP contribution < -0.4 is 10.6 Å². The molecule has 0 radical (unpaired) electrons. The number of fused-ring (bicyclic) bond motifs is 1. The number of hydrogen-bond acceptors (Lipinski definition) is 4. The van der Waals surface area contributed by atoms with Crippen LogP contribution in [0.25, 0.3) is 0 Å². The Morgan fingerprint density at radius 1 is 1.26 bits per heavy atom. The third kappa shape index (κ3) is 3.00. The normalized spacial score (nSPS) is 27.0. The van der Waals surface area contributed by atoms with Gasteiger partial charge in [-0.15, -0.1) is 0 Å². The van der Waals surface area contributed by atoms with Crippen LogP contribution in [-0.2, 0) is 0 Å². The van der Waals surface area contributed by atoms with Crippen molar-refractivity contribution in [3.8, 4) is 0 Å². The standard InChI is InChI=1S/C15H24N4/c1-2-17-13-8-14(11-16-10-13)18-12-5-7-19-6-3-4-15(19)9-12/h8,10-12,15,17-18H,2-7,9H2,1H3. The second-order valence-corrected chi connectivity index (χ2v) is 5.69. The van der Waals surface area contributed by atoms with Crippen LogP contribution in [0.3, 0.4) is 0 Å². The first kappa shape index (κ1) is 12.7. The van der Waals surface area contributed by atoms with E-state index in [1.165, 1.54) is 38.8 Å². The predicted octanol–water partition coefficient (Wildman–Crippen LogP) is 2.55. The average Bonchev–Trinajstić information content (AvgIpc) is 2.87. The van der Waals surface area contributed by atoms with E-state index in [-0.39, 0.29) is 0 Å². The van der Waals surface area contributed by atoms with E-state index in [1.54, 1.807) is 0 Å². The molecule has 4 nitrogen and oxygen atoms in total. The zero-order valence-corrected chi connectivity index (χ0v) is 11.7. The van der Waals surface area contributed by atoms with Crippen molar-refractivity contribution >= 4 is 11.4 Å². The Balaban J connectivity index is 1.60. The summed E-state index contributed by atoms with van der Waals surface area (Å²) in [6, 6.07) is 3.59. The van der Waals surface area contributed by atoms with E-state index in [1.807, 2.05) is 12.4 Å². The molecule has 2 saturated heterocycles. The molecule has 0 bridgehead atoms. The molecule has 3 heterocycles. The van der Waals surface area contributed by atoms with E-state index in [9.17, 15) is 0 Å². The van der Waals surface area contributed by atoms with Gasteiger partial charge in [-0.1, -0.05) is 0 Å². The average molecular weight is 260 g/mol. The Bertz CT molecular complexity index is 420. The zero-order chi connectivity index (χ0) is 13.1. The van der Waals surface area contributed by atoms with Crippen LogP contribution >= 0.6 is 0 Å². The van der Waals surface area contributed by atoms with Gasteiger partial charge in [0.1, 0.15) is 0 Å². The summed E-state index contributed by atoms with van der Waals surface area (Å²) in [5, 5.41) is 6.97. The highest BCUT2D eigenvalue weighted by molar-refractivity contribution is 5.54. The van der Waals surface area contributed by atoms with Gasteiger partial charge in [0.25, 0.3) is 0 Å². The molecule has 1 aromatic rings. The molecule has 4 heteroatoms. The van der Waals surface area contributed by atoms with Gasteiger partial charge in [-0.05, 0) is 45.2 Å². The van der Waals surface area contributed by atoms with Gasteiger partial charge in [-0.3, -0.25) is 4.98 Å². The van der Waals surface area contributed by atoms with Crippen molar-refractivity contribution in [2.24, 2.45) is 0 Å². The summed E-state index contributed by atoms with van der Waals surface area (Å²) in [7, 11) is 0. The highest BCUT2D eigenvalue weighted by Crippen LogP contribution is 2.28. The van der Waals surface area contributed by atoms with Crippen molar-refractivity contribution in [2.75, 3.05) is 30.3 Å². The molecule has 0 aromatic carbocycles. The van der Waals surface area contributed by atoms with Crippen LogP contribution in [0.2, 0.25) is 0 Å². The van der Waals surface area contributed by atoms with Crippen LogP contribution in [-0.4, -0.2) is 41.6 Å². The molecule has 3 rings (SSSR count). The maximum atomic E-state index is 4.30. The number of rotatable bonds is 4. The number of anilines is 2. The van der Waals surface area contributed by atoms with Crippen molar-refractivity contribution in [2.45, 2.75) is 44.7 Å². The van der Waals surface area contributed by atoms with Gasteiger partial charge in [0.05, 0.1) is 23.8 Å². The van der Waals surface area contributed by atoms with Crippen LogP contribution in [0.1, 0.15) is 32.6 Å². The van der Waals surface area contributed by atoms with Crippen LogP contribution in [0.15, 0.2) is 18.5 Å². The first-order valence-electron chi connectivity index (χ1n) is 7.54. The number of hydrogen-bond donors (Lipinski definition) is 2. The summed E-state index contributed by atoms with van der Waals surface area (Å²) in [5.41, 5.74) is 2.25. The lowest BCUT2D eigenvalue weighted by atomic mass is 9.97. The van der Waals surface area contributed by atoms with Crippen molar-refractivity contribution in [3.63, 3.8) is 0 Å². The number of piperidine rings is 1. The second kappa shape index (κ2) is 5.78. The van der Waals surface area contributed by atoms with E-state index in [0.717, 1.165) is 24.0 Å². The summed E-state index contributed by atoms with van der Waals surface area (Å²) in [6.45, 7) is 5.61. The molecule has 2 aliphatic rings. The Kier molecular flexibility index (Phi) is 3.87. The first-order chi connectivity index (χ1) is 9.35. The van der Waals surface area contributed by atoms with Gasteiger partial charge in [0, 0.05) is 25.2 Å². The number of aromatic nitrogens is 1. The fraction of sp³-hybridized carbons (Fsp3) is 0.667. The Morgan fingerprint density at radius 3 is 3.05 bits per heavy atom. The highest BCUT2D eigenvalue weighted by atomic mass is 15.2. The first-order valence-corrected chi connectivity index (χ1v) is 7.54.